The highest BCUT2D eigenvalue weighted by atomic mass is 19.1. The summed E-state index contributed by atoms with van der Waals surface area (Å²) in [6.45, 7) is 6.71. The highest BCUT2D eigenvalue weighted by Gasteiger charge is 2.23. The fourth-order valence-corrected chi connectivity index (χ4v) is 2.38. The Morgan fingerprint density at radius 3 is 2.52 bits per heavy atom. The van der Waals surface area contributed by atoms with Crippen molar-refractivity contribution in [1.82, 2.24) is 4.90 Å². The van der Waals surface area contributed by atoms with Gasteiger partial charge >= 0.3 is 0 Å². The molecule has 0 saturated heterocycles. The molecule has 0 aliphatic carbocycles. The van der Waals surface area contributed by atoms with E-state index in [9.17, 15) is 9.18 Å². The predicted octanol–water partition coefficient (Wildman–Crippen LogP) is 3.50. The molecule has 0 aliphatic rings. The molecule has 0 bridgehead atoms. The van der Waals surface area contributed by atoms with Crippen LogP contribution in [0.1, 0.15) is 51.6 Å². The number of benzene rings is 1. The van der Waals surface area contributed by atoms with Gasteiger partial charge < -0.3 is 10.6 Å². The Hall–Kier alpha value is -1.42. The monoisotopic (exact) mass is 294 g/mol. The third-order valence-electron chi connectivity index (χ3n) is 4.17. The summed E-state index contributed by atoms with van der Waals surface area (Å²) < 4.78 is 13.8. The van der Waals surface area contributed by atoms with Gasteiger partial charge in [0.25, 0.3) is 0 Å². The topological polar surface area (TPSA) is 46.3 Å². The molecule has 2 N–H and O–H groups in total. The van der Waals surface area contributed by atoms with E-state index < -0.39 is 0 Å². The van der Waals surface area contributed by atoms with Crippen LogP contribution in [0.15, 0.2) is 24.3 Å². The van der Waals surface area contributed by atoms with Gasteiger partial charge in [0, 0.05) is 19.0 Å². The van der Waals surface area contributed by atoms with Crippen LogP contribution >= 0.6 is 0 Å². The highest BCUT2D eigenvalue weighted by Crippen LogP contribution is 2.28. The molecule has 1 rings (SSSR count). The minimum Gasteiger partial charge on any atom is -0.339 e. The summed E-state index contributed by atoms with van der Waals surface area (Å²) in [7, 11) is 1.73. The summed E-state index contributed by atoms with van der Waals surface area (Å²) in [5.74, 6) is -0.232. The number of halogens is 1. The molecule has 21 heavy (non-hydrogen) atoms. The lowest BCUT2D eigenvalue weighted by molar-refractivity contribution is -0.132. The van der Waals surface area contributed by atoms with E-state index in [4.69, 9.17) is 5.73 Å². The lowest BCUT2D eigenvalue weighted by Crippen LogP contribution is -2.31. The average Bonchev–Trinajstić information content (AvgIpc) is 2.44. The molecule has 0 fully saturated rings. The minimum absolute atomic E-state index is 0.0378. The van der Waals surface area contributed by atoms with Crippen molar-refractivity contribution in [2.45, 2.75) is 46.1 Å². The molecule has 0 aliphatic heterocycles. The predicted molar refractivity (Wildman–Crippen MR) is 84.3 cm³/mol. The van der Waals surface area contributed by atoms with Crippen molar-refractivity contribution >= 4 is 5.91 Å². The average molecular weight is 294 g/mol. The zero-order valence-electron chi connectivity index (χ0n) is 13.5. The van der Waals surface area contributed by atoms with Crippen molar-refractivity contribution in [2.24, 2.45) is 11.1 Å². The second kappa shape index (κ2) is 7.55. The van der Waals surface area contributed by atoms with E-state index in [0.29, 0.717) is 18.5 Å². The van der Waals surface area contributed by atoms with Gasteiger partial charge in [0.15, 0.2) is 0 Å². The molecule has 0 radical (unpaired) electrons. The second-order valence-electron chi connectivity index (χ2n) is 6.41. The molecule has 1 atom stereocenters. The smallest absolute Gasteiger partial charge is 0.222 e. The Balaban J connectivity index is 2.64. The molecule has 118 valence electrons. The summed E-state index contributed by atoms with van der Waals surface area (Å²) in [6.07, 6.45) is 2.15. The molecule has 1 unspecified atom stereocenters. The summed E-state index contributed by atoms with van der Waals surface area (Å²) >= 11 is 0. The van der Waals surface area contributed by atoms with Gasteiger partial charge in [-0.1, -0.05) is 32.0 Å². The molecule has 1 aromatic carbocycles. The van der Waals surface area contributed by atoms with Crippen LogP contribution in [0, 0.1) is 11.2 Å². The van der Waals surface area contributed by atoms with Gasteiger partial charge in [0.05, 0.1) is 6.04 Å². The van der Waals surface area contributed by atoms with Crippen LogP contribution in [-0.2, 0) is 4.79 Å². The molecule has 3 nitrogen and oxygen atoms in total. The Morgan fingerprint density at radius 2 is 1.95 bits per heavy atom. The maximum Gasteiger partial charge on any atom is 0.222 e. The van der Waals surface area contributed by atoms with Crippen LogP contribution in [-0.4, -0.2) is 24.4 Å². The second-order valence-corrected chi connectivity index (χ2v) is 6.41. The molecule has 0 heterocycles. The van der Waals surface area contributed by atoms with Crippen molar-refractivity contribution in [2.75, 3.05) is 13.6 Å². The van der Waals surface area contributed by atoms with E-state index in [0.717, 1.165) is 12.8 Å². The van der Waals surface area contributed by atoms with Gasteiger partial charge in [-0.25, -0.2) is 4.39 Å². The first-order chi connectivity index (χ1) is 9.78. The van der Waals surface area contributed by atoms with Crippen molar-refractivity contribution in [3.63, 3.8) is 0 Å². The number of nitrogens with two attached hydrogens (primary N) is 1. The minimum atomic E-state index is -0.270. The number of amides is 1. The van der Waals surface area contributed by atoms with Gasteiger partial charge in [-0.05, 0) is 37.8 Å². The maximum absolute atomic E-state index is 13.8. The Bertz CT molecular complexity index is 474. The van der Waals surface area contributed by atoms with Crippen molar-refractivity contribution in [1.29, 1.82) is 0 Å². The van der Waals surface area contributed by atoms with Gasteiger partial charge in [0.2, 0.25) is 5.91 Å². The third kappa shape index (κ3) is 5.12. The van der Waals surface area contributed by atoms with Gasteiger partial charge in [-0.15, -0.1) is 0 Å². The molecular formula is C17H27FN2O. The number of carbonyl (C=O) groups is 1. The van der Waals surface area contributed by atoms with Gasteiger partial charge in [0.1, 0.15) is 5.82 Å². The fraction of sp³-hybridized carbons (Fsp3) is 0.588. The Kier molecular flexibility index (Phi) is 6.34. The molecule has 1 amide bonds. The molecule has 0 aromatic heterocycles. The maximum atomic E-state index is 13.8. The first-order valence-electron chi connectivity index (χ1n) is 7.48. The fourth-order valence-electron chi connectivity index (χ4n) is 2.38. The molecule has 0 spiro atoms. The van der Waals surface area contributed by atoms with Crippen molar-refractivity contribution < 1.29 is 9.18 Å². The highest BCUT2D eigenvalue weighted by molar-refractivity contribution is 5.76. The summed E-state index contributed by atoms with van der Waals surface area (Å²) in [5.41, 5.74) is 6.20. The van der Waals surface area contributed by atoms with E-state index in [-0.39, 0.29) is 23.2 Å². The molecule has 0 saturated carbocycles. The first-order valence-corrected chi connectivity index (χ1v) is 7.48. The van der Waals surface area contributed by atoms with Gasteiger partial charge in [-0.2, -0.15) is 0 Å². The lowest BCUT2D eigenvalue weighted by Gasteiger charge is -2.28. The van der Waals surface area contributed by atoms with Crippen molar-refractivity contribution in [3.8, 4) is 0 Å². The van der Waals surface area contributed by atoms with Crippen LogP contribution in [0.4, 0.5) is 4.39 Å². The van der Waals surface area contributed by atoms with Crippen LogP contribution in [0.5, 0.6) is 0 Å². The van der Waals surface area contributed by atoms with E-state index in [1.807, 2.05) is 6.92 Å². The largest absolute Gasteiger partial charge is 0.339 e. The van der Waals surface area contributed by atoms with Crippen LogP contribution in [0.3, 0.4) is 0 Å². The quantitative estimate of drug-likeness (QED) is 0.836. The zero-order chi connectivity index (χ0) is 16.0. The van der Waals surface area contributed by atoms with E-state index in [1.165, 1.54) is 6.07 Å². The van der Waals surface area contributed by atoms with E-state index in [2.05, 4.69) is 13.8 Å². The Morgan fingerprint density at radius 1 is 1.33 bits per heavy atom. The Labute approximate surface area is 127 Å². The van der Waals surface area contributed by atoms with E-state index in [1.54, 1.807) is 30.1 Å². The SMILES string of the molecule is CC(c1ccccc1F)N(C)C(=O)CCC(C)(C)CCN. The third-order valence-corrected chi connectivity index (χ3v) is 4.17. The molecule has 1 aromatic rings. The number of carbonyl (C=O) groups excluding carboxylic acids is 1. The number of hydrogen-bond donors (Lipinski definition) is 1. The van der Waals surface area contributed by atoms with Crippen LogP contribution in [0.25, 0.3) is 0 Å². The van der Waals surface area contributed by atoms with Crippen LogP contribution in [0.2, 0.25) is 0 Å². The lowest BCUT2D eigenvalue weighted by atomic mass is 9.84. The number of rotatable bonds is 7. The zero-order valence-corrected chi connectivity index (χ0v) is 13.5. The first kappa shape index (κ1) is 17.6. The van der Waals surface area contributed by atoms with E-state index >= 15 is 0 Å². The van der Waals surface area contributed by atoms with Crippen LogP contribution < -0.4 is 5.73 Å². The summed E-state index contributed by atoms with van der Waals surface area (Å²) in [4.78, 5) is 13.9. The number of hydrogen-bond acceptors (Lipinski definition) is 2. The standard InChI is InChI=1S/C17H27FN2O/c1-13(14-7-5-6-8-15(14)18)20(4)16(21)9-10-17(2,3)11-12-19/h5-8,13H,9-12,19H2,1-4H3. The normalized spacial score (nSPS) is 13.0. The number of nitrogens with zero attached hydrogens (tertiary/aromatic N) is 1. The van der Waals surface area contributed by atoms with Crippen molar-refractivity contribution in [3.05, 3.63) is 35.6 Å². The summed E-state index contributed by atoms with van der Waals surface area (Å²) in [6, 6.07) is 6.33. The molecule has 4 heteroatoms. The summed E-state index contributed by atoms with van der Waals surface area (Å²) in [5, 5.41) is 0. The molecular weight excluding hydrogens is 267 g/mol. The van der Waals surface area contributed by atoms with Gasteiger partial charge in [-0.3, -0.25) is 4.79 Å².